The first-order valence-corrected chi connectivity index (χ1v) is 7.95. The molecule has 0 heteroatoms. The molecule has 0 aromatic heterocycles. The van der Waals surface area contributed by atoms with Gasteiger partial charge in [-0.2, -0.15) is 0 Å². The zero-order chi connectivity index (χ0) is 13.3. The van der Waals surface area contributed by atoms with Gasteiger partial charge in [-0.05, 0) is 53.8 Å². The minimum absolute atomic E-state index is 0.925. The molecule has 0 spiro atoms. The van der Waals surface area contributed by atoms with E-state index in [9.17, 15) is 0 Å². The zero-order valence-electron chi connectivity index (χ0n) is 13.3. The largest absolute Gasteiger partial charge is 0.0683 e. The Morgan fingerprint density at radius 2 is 1.06 bits per heavy atom. The molecule has 0 N–H and O–H groups in total. The van der Waals surface area contributed by atoms with Gasteiger partial charge in [0, 0.05) is 0 Å². The fraction of sp³-hybridized carbons (Fsp3) is 1.00. The molecule has 0 aromatic carbocycles. The van der Waals surface area contributed by atoms with Crippen LogP contribution in [0, 0.1) is 47.3 Å². The molecule has 0 saturated heterocycles. The minimum Gasteiger partial charge on any atom is -0.0683 e. The van der Waals surface area contributed by atoms with Crippen LogP contribution in [-0.2, 0) is 0 Å². The van der Waals surface area contributed by atoms with Crippen LogP contribution in [-0.4, -0.2) is 0 Å². The first-order chi connectivity index (χ1) is 7.95. The SMILES string of the molecule is CC.CC1CC2C(C)C(C)C(C)C(C)C2C1C. The number of fused-ring (bicyclic) bond motifs is 1. The number of rotatable bonds is 0. The normalized spacial score (nSPS) is 53.6. The molecule has 102 valence electrons. The van der Waals surface area contributed by atoms with Gasteiger partial charge in [-0.15, -0.1) is 0 Å². The predicted octanol–water partition coefficient (Wildman–Crippen LogP) is 5.48. The first-order valence-electron chi connectivity index (χ1n) is 7.95. The average molecular weight is 238 g/mol. The first kappa shape index (κ1) is 15.1. The lowest BCUT2D eigenvalue weighted by molar-refractivity contribution is 0.0142. The summed E-state index contributed by atoms with van der Waals surface area (Å²) < 4.78 is 0. The van der Waals surface area contributed by atoms with Gasteiger partial charge in [-0.25, -0.2) is 0 Å². The third kappa shape index (κ3) is 2.42. The summed E-state index contributed by atoms with van der Waals surface area (Å²) in [5.41, 5.74) is 0. The van der Waals surface area contributed by atoms with E-state index in [0.29, 0.717) is 0 Å². The van der Waals surface area contributed by atoms with Crippen LogP contribution in [0.5, 0.6) is 0 Å². The van der Waals surface area contributed by atoms with Gasteiger partial charge in [-0.1, -0.05) is 55.4 Å². The Kier molecular flexibility index (Phi) is 5.10. The van der Waals surface area contributed by atoms with Crippen molar-refractivity contribution in [3.05, 3.63) is 0 Å². The summed E-state index contributed by atoms with van der Waals surface area (Å²) in [5.74, 6) is 7.71. The van der Waals surface area contributed by atoms with Gasteiger partial charge in [0.1, 0.15) is 0 Å². The second-order valence-corrected chi connectivity index (χ2v) is 6.75. The molecule has 8 atom stereocenters. The van der Waals surface area contributed by atoms with Gasteiger partial charge in [0.2, 0.25) is 0 Å². The lowest BCUT2D eigenvalue weighted by Gasteiger charge is -2.47. The second-order valence-electron chi connectivity index (χ2n) is 6.75. The Balaban J connectivity index is 0.000000686. The molecule has 2 saturated carbocycles. The number of hydrogen-bond donors (Lipinski definition) is 0. The summed E-state index contributed by atoms with van der Waals surface area (Å²) in [5, 5.41) is 0. The zero-order valence-corrected chi connectivity index (χ0v) is 13.3. The van der Waals surface area contributed by atoms with Crippen LogP contribution in [0.25, 0.3) is 0 Å². The summed E-state index contributed by atoms with van der Waals surface area (Å²) in [4.78, 5) is 0. The maximum Gasteiger partial charge on any atom is -0.0326 e. The van der Waals surface area contributed by atoms with Crippen LogP contribution < -0.4 is 0 Å². The predicted molar refractivity (Wildman–Crippen MR) is 77.9 cm³/mol. The third-order valence-electron chi connectivity index (χ3n) is 6.41. The summed E-state index contributed by atoms with van der Waals surface area (Å²) in [6, 6.07) is 0. The van der Waals surface area contributed by atoms with Crippen molar-refractivity contribution >= 4 is 0 Å². The van der Waals surface area contributed by atoms with Crippen molar-refractivity contribution in [2.45, 2.75) is 61.8 Å². The highest BCUT2D eigenvalue weighted by Crippen LogP contribution is 2.56. The van der Waals surface area contributed by atoms with E-state index in [-0.39, 0.29) is 0 Å². The molecule has 0 heterocycles. The highest BCUT2D eigenvalue weighted by atomic mass is 14.5. The maximum absolute atomic E-state index is 2.51. The molecule has 0 bridgehead atoms. The summed E-state index contributed by atoms with van der Waals surface area (Å²) in [6.07, 6.45) is 1.49. The standard InChI is InChI=1S/C15H28.C2H6/c1-8-7-14-12(5)10(3)11(4)13(6)15(14)9(8)2;1-2/h8-15H,7H2,1-6H3;1-2H3. The molecule has 2 aliphatic rings. The summed E-state index contributed by atoms with van der Waals surface area (Å²) in [6.45, 7) is 19.0. The highest BCUT2D eigenvalue weighted by molar-refractivity contribution is 4.98. The van der Waals surface area contributed by atoms with Crippen molar-refractivity contribution in [1.82, 2.24) is 0 Å². The van der Waals surface area contributed by atoms with E-state index >= 15 is 0 Å². The molecule has 2 rings (SSSR count). The molecule has 0 amide bonds. The van der Waals surface area contributed by atoms with E-state index in [4.69, 9.17) is 0 Å². The van der Waals surface area contributed by atoms with Crippen molar-refractivity contribution in [2.75, 3.05) is 0 Å². The molecule has 2 fully saturated rings. The van der Waals surface area contributed by atoms with Crippen molar-refractivity contribution in [2.24, 2.45) is 47.3 Å². The molecular weight excluding hydrogens is 204 g/mol. The van der Waals surface area contributed by atoms with Crippen LogP contribution in [0.2, 0.25) is 0 Å². The van der Waals surface area contributed by atoms with E-state index in [0.717, 1.165) is 47.3 Å². The van der Waals surface area contributed by atoms with E-state index in [1.807, 2.05) is 13.8 Å². The Labute approximate surface area is 110 Å². The Morgan fingerprint density at radius 1 is 0.588 bits per heavy atom. The van der Waals surface area contributed by atoms with Crippen molar-refractivity contribution in [1.29, 1.82) is 0 Å². The third-order valence-corrected chi connectivity index (χ3v) is 6.41. The Hall–Kier alpha value is 0. The van der Waals surface area contributed by atoms with E-state index < -0.39 is 0 Å². The fourth-order valence-corrected chi connectivity index (χ4v) is 4.70. The van der Waals surface area contributed by atoms with Crippen LogP contribution in [0.4, 0.5) is 0 Å². The van der Waals surface area contributed by atoms with E-state index in [1.54, 1.807) is 0 Å². The van der Waals surface area contributed by atoms with Crippen LogP contribution >= 0.6 is 0 Å². The second kappa shape index (κ2) is 5.76. The smallest absolute Gasteiger partial charge is 0.0326 e. The summed E-state index contributed by atoms with van der Waals surface area (Å²) >= 11 is 0. The summed E-state index contributed by atoms with van der Waals surface area (Å²) in [7, 11) is 0. The van der Waals surface area contributed by atoms with Gasteiger partial charge >= 0.3 is 0 Å². The van der Waals surface area contributed by atoms with Gasteiger partial charge in [0.05, 0.1) is 0 Å². The molecule has 0 nitrogen and oxygen atoms in total. The van der Waals surface area contributed by atoms with Gasteiger partial charge < -0.3 is 0 Å². The topological polar surface area (TPSA) is 0 Å². The van der Waals surface area contributed by atoms with Crippen LogP contribution in [0.1, 0.15) is 61.8 Å². The van der Waals surface area contributed by atoms with Crippen molar-refractivity contribution < 1.29 is 0 Å². The Morgan fingerprint density at radius 3 is 1.59 bits per heavy atom. The van der Waals surface area contributed by atoms with Gasteiger partial charge in [0.15, 0.2) is 0 Å². The van der Waals surface area contributed by atoms with Crippen molar-refractivity contribution in [3.63, 3.8) is 0 Å². The average Bonchev–Trinajstić information content (AvgIpc) is 2.63. The minimum atomic E-state index is 0.925. The van der Waals surface area contributed by atoms with Crippen LogP contribution in [0.15, 0.2) is 0 Å². The fourth-order valence-electron chi connectivity index (χ4n) is 4.70. The van der Waals surface area contributed by atoms with E-state index in [2.05, 4.69) is 41.5 Å². The molecule has 8 unspecified atom stereocenters. The molecule has 0 aromatic rings. The van der Waals surface area contributed by atoms with Gasteiger partial charge in [-0.3, -0.25) is 0 Å². The van der Waals surface area contributed by atoms with Crippen LogP contribution in [0.3, 0.4) is 0 Å². The molecule has 2 aliphatic carbocycles. The molecular formula is C17H34. The van der Waals surface area contributed by atoms with Crippen molar-refractivity contribution in [3.8, 4) is 0 Å². The lowest BCUT2D eigenvalue weighted by Crippen LogP contribution is -2.41. The van der Waals surface area contributed by atoms with E-state index in [1.165, 1.54) is 6.42 Å². The Bertz CT molecular complexity index is 232. The van der Waals surface area contributed by atoms with Gasteiger partial charge in [0.25, 0.3) is 0 Å². The lowest BCUT2D eigenvalue weighted by atomic mass is 9.58. The molecule has 0 aliphatic heterocycles. The number of hydrogen-bond acceptors (Lipinski definition) is 0. The quantitative estimate of drug-likeness (QED) is 0.524. The molecule has 0 radical (unpaired) electrons. The highest BCUT2D eigenvalue weighted by Gasteiger charge is 2.50. The maximum atomic E-state index is 2.51. The monoisotopic (exact) mass is 238 g/mol. The molecule has 17 heavy (non-hydrogen) atoms.